The lowest BCUT2D eigenvalue weighted by Crippen LogP contribution is -2.46. The fourth-order valence-electron chi connectivity index (χ4n) is 2.94. The summed E-state index contributed by atoms with van der Waals surface area (Å²) in [6, 6.07) is 0. The van der Waals surface area contributed by atoms with Crippen molar-refractivity contribution in [2.24, 2.45) is 5.92 Å². The van der Waals surface area contributed by atoms with Gasteiger partial charge >= 0.3 is 0 Å². The molecule has 1 nitrogen and oxygen atoms in total. The second-order valence-electron chi connectivity index (χ2n) is 5.65. The van der Waals surface area contributed by atoms with E-state index in [9.17, 15) is 0 Å². The number of hydrogen-bond acceptors (Lipinski definition) is 1. The van der Waals surface area contributed by atoms with Crippen molar-refractivity contribution in [3.8, 4) is 0 Å². The van der Waals surface area contributed by atoms with Crippen LogP contribution in [0.2, 0.25) is 0 Å². The van der Waals surface area contributed by atoms with Gasteiger partial charge in [0.1, 0.15) is 0 Å². The third-order valence-electron chi connectivity index (χ3n) is 4.15. The van der Waals surface area contributed by atoms with Crippen molar-refractivity contribution in [3.63, 3.8) is 0 Å². The molecule has 0 heterocycles. The van der Waals surface area contributed by atoms with Gasteiger partial charge in [-0.3, -0.25) is 0 Å². The van der Waals surface area contributed by atoms with Crippen LogP contribution in [0, 0.1) is 5.92 Å². The van der Waals surface area contributed by atoms with E-state index in [1.54, 1.807) is 0 Å². The Balaban J connectivity index is 1.73. The topological polar surface area (TPSA) is 12.0 Å². The molecule has 2 aliphatic rings. The highest BCUT2D eigenvalue weighted by Crippen LogP contribution is 2.28. The lowest BCUT2D eigenvalue weighted by molar-refractivity contribution is 0.237. The Morgan fingerprint density at radius 3 is 2.67 bits per heavy atom. The highest BCUT2D eigenvalue weighted by Gasteiger charge is 2.26. The van der Waals surface area contributed by atoms with E-state index in [0.29, 0.717) is 5.54 Å². The minimum absolute atomic E-state index is 0.458. The minimum atomic E-state index is 0.458. The molecule has 0 aromatic rings. The summed E-state index contributed by atoms with van der Waals surface area (Å²) in [6.45, 7) is 3.66. The van der Waals surface area contributed by atoms with Crippen molar-refractivity contribution in [3.05, 3.63) is 12.2 Å². The van der Waals surface area contributed by atoms with Crippen LogP contribution in [0.3, 0.4) is 0 Å². The predicted octanol–water partition coefficient (Wildman–Crippen LogP) is 3.66. The van der Waals surface area contributed by atoms with Crippen molar-refractivity contribution >= 4 is 0 Å². The van der Waals surface area contributed by atoms with Crippen LogP contribution in [0.15, 0.2) is 12.2 Å². The molecule has 0 saturated heterocycles. The zero-order valence-electron chi connectivity index (χ0n) is 10.1. The van der Waals surface area contributed by atoms with E-state index < -0.39 is 0 Å². The molecular weight excluding hydrogens is 182 g/mol. The summed E-state index contributed by atoms with van der Waals surface area (Å²) in [5.74, 6) is 0.897. The molecule has 1 fully saturated rings. The number of hydrogen-bond donors (Lipinski definition) is 1. The Hall–Kier alpha value is -0.300. The molecule has 0 aromatic heterocycles. The summed E-state index contributed by atoms with van der Waals surface area (Å²) >= 11 is 0. The van der Waals surface area contributed by atoms with Crippen molar-refractivity contribution in [1.29, 1.82) is 0 Å². The van der Waals surface area contributed by atoms with E-state index in [2.05, 4.69) is 24.4 Å². The van der Waals surface area contributed by atoms with Crippen LogP contribution < -0.4 is 5.32 Å². The largest absolute Gasteiger partial charge is 0.311 e. The van der Waals surface area contributed by atoms with Gasteiger partial charge in [-0.25, -0.2) is 0 Å². The highest BCUT2D eigenvalue weighted by atomic mass is 15.0. The van der Waals surface area contributed by atoms with Gasteiger partial charge in [0.25, 0.3) is 0 Å². The Bertz CT molecular complexity index is 213. The summed E-state index contributed by atoms with van der Waals surface area (Å²) < 4.78 is 0. The second-order valence-corrected chi connectivity index (χ2v) is 5.65. The second kappa shape index (κ2) is 5.16. The van der Waals surface area contributed by atoms with Crippen LogP contribution in [0.4, 0.5) is 0 Å². The lowest BCUT2D eigenvalue weighted by atomic mass is 9.82. The molecule has 2 aliphatic carbocycles. The normalized spacial score (nSPS) is 30.3. The average Bonchev–Trinajstić information content (AvgIpc) is 2.29. The van der Waals surface area contributed by atoms with Crippen LogP contribution in [0.1, 0.15) is 58.3 Å². The predicted molar refractivity (Wildman–Crippen MR) is 66.0 cm³/mol. The number of rotatable bonds is 3. The molecule has 1 saturated carbocycles. The van der Waals surface area contributed by atoms with Gasteiger partial charge in [-0.05, 0) is 51.5 Å². The maximum Gasteiger partial charge on any atom is 0.0153 e. The molecule has 0 spiro atoms. The number of allylic oxidation sites excluding steroid dienone is 2. The first kappa shape index (κ1) is 11.2. The van der Waals surface area contributed by atoms with Gasteiger partial charge in [0.2, 0.25) is 0 Å². The first-order valence-corrected chi connectivity index (χ1v) is 6.69. The smallest absolute Gasteiger partial charge is 0.0153 e. The fraction of sp³-hybridized carbons (Fsp3) is 0.857. The van der Waals surface area contributed by atoms with Gasteiger partial charge in [0.05, 0.1) is 0 Å². The van der Waals surface area contributed by atoms with Gasteiger partial charge < -0.3 is 5.32 Å². The molecule has 86 valence electrons. The van der Waals surface area contributed by atoms with E-state index in [1.165, 1.54) is 57.9 Å². The summed E-state index contributed by atoms with van der Waals surface area (Å²) in [7, 11) is 0. The zero-order chi connectivity index (χ0) is 10.6. The summed E-state index contributed by atoms with van der Waals surface area (Å²) in [6.07, 6.45) is 15.7. The lowest BCUT2D eigenvalue weighted by Gasteiger charge is -2.36. The molecule has 0 unspecified atom stereocenters. The van der Waals surface area contributed by atoms with Crippen molar-refractivity contribution in [2.45, 2.75) is 63.8 Å². The average molecular weight is 207 g/mol. The van der Waals surface area contributed by atoms with Crippen molar-refractivity contribution in [1.82, 2.24) is 5.32 Å². The molecule has 2 rings (SSSR count). The van der Waals surface area contributed by atoms with Crippen molar-refractivity contribution < 1.29 is 0 Å². The summed E-state index contributed by atoms with van der Waals surface area (Å²) in [4.78, 5) is 0. The molecular formula is C14H25N. The molecule has 1 atom stereocenters. The van der Waals surface area contributed by atoms with E-state index in [1.807, 2.05) is 0 Å². The van der Waals surface area contributed by atoms with E-state index >= 15 is 0 Å². The van der Waals surface area contributed by atoms with Gasteiger partial charge in [-0.1, -0.05) is 31.4 Å². The molecule has 0 aromatic carbocycles. The van der Waals surface area contributed by atoms with E-state index in [-0.39, 0.29) is 0 Å². The van der Waals surface area contributed by atoms with Crippen molar-refractivity contribution in [2.75, 3.05) is 6.54 Å². The van der Waals surface area contributed by atoms with Crippen LogP contribution in [-0.4, -0.2) is 12.1 Å². The first-order chi connectivity index (χ1) is 7.29. The Kier molecular flexibility index (Phi) is 3.85. The van der Waals surface area contributed by atoms with Gasteiger partial charge in [0, 0.05) is 5.54 Å². The molecule has 0 bridgehead atoms. The maximum absolute atomic E-state index is 3.83. The van der Waals surface area contributed by atoms with Crippen LogP contribution in [0.25, 0.3) is 0 Å². The highest BCUT2D eigenvalue weighted by molar-refractivity contribution is 4.93. The zero-order valence-corrected chi connectivity index (χ0v) is 10.1. The third kappa shape index (κ3) is 3.34. The quantitative estimate of drug-likeness (QED) is 0.696. The molecule has 0 amide bonds. The van der Waals surface area contributed by atoms with Crippen LogP contribution in [0.5, 0.6) is 0 Å². The summed E-state index contributed by atoms with van der Waals surface area (Å²) in [5, 5.41) is 3.83. The molecule has 15 heavy (non-hydrogen) atoms. The molecule has 1 heteroatoms. The SMILES string of the molecule is CC1(NC[C@H]2CC=CCC2)CCCCC1. The van der Waals surface area contributed by atoms with E-state index in [4.69, 9.17) is 0 Å². The molecule has 0 aliphatic heterocycles. The molecule has 1 N–H and O–H groups in total. The van der Waals surface area contributed by atoms with Gasteiger partial charge in [-0.15, -0.1) is 0 Å². The Morgan fingerprint density at radius 1 is 1.20 bits per heavy atom. The first-order valence-electron chi connectivity index (χ1n) is 6.69. The van der Waals surface area contributed by atoms with Crippen LogP contribution >= 0.6 is 0 Å². The van der Waals surface area contributed by atoms with Crippen LogP contribution in [-0.2, 0) is 0 Å². The third-order valence-corrected chi connectivity index (χ3v) is 4.15. The number of nitrogens with one attached hydrogen (secondary N) is 1. The minimum Gasteiger partial charge on any atom is -0.311 e. The fourth-order valence-corrected chi connectivity index (χ4v) is 2.94. The Labute approximate surface area is 94.3 Å². The monoisotopic (exact) mass is 207 g/mol. The molecule has 0 radical (unpaired) electrons. The Morgan fingerprint density at radius 2 is 2.00 bits per heavy atom. The standard InChI is InChI=1S/C14H25N/c1-14(10-6-3-7-11-14)15-12-13-8-4-2-5-9-13/h2,4,13,15H,3,5-12H2,1H3/t13-/m0/s1. The maximum atomic E-state index is 3.83. The van der Waals surface area contributed by atoms with Gasteiger partial charge in [0.15, 0.2) is 0 Å². The van der Waals surface area contributed by atoms with E-state index in [0.717, 1.165) is 5.92 Å². The van der Waals surface area contributed by atoms with Gasteiger partial charge in [-0.2, -0.15) is 0 Å². The summed E-state index contributed by atoms with van der Waals surface area (Å²) in [5.41, 5.74) is 0.458.